The Morgan fingerprint density at radius 3 is 1.41 bits per heavy atom. The Labute approximate surface area is 227 Å². The van der Waals surface area contributed by atoms with Gasteiger partial charge in [-0.25, -0.2) is 0 Å². The number of aryl methyl sites for hydroxylation is 2. The predicted molar refractivity (Wildman–Crippen MR) is 168 cm³/mol. The number of fused-ring (bicyclic) bond motifs is 9. The highest BCUT2D eigenvalue weighted by Crippen LogP contribution is 2.42. The van der Waals surface area contributed by atoms with Crippen molar-refractivity contribution in [3.63, 3.8) is 0 Å². The summed E-state index contributed by atoms with van der Waals surface area (Å²) in [7, 11) is 0. The molecule has 8 rings (SSSR count). The molecule has 1 aromatic heterocycles. The number of aromatic nitrogens is 1. The Bertz CT molecular complexity index is 2190. The molecule has 1 nitrogen and oxygen atoms in total. The third-order valence-electron chi connectivity index (χ3n) is 8.43. The lowest BCUT2D eigenvalue weighted by Crippen LogP contribution is -2.00. The van der Waals surface area contributed by atoms with Gasteiger partial charge in [-0.15, -0.1) is 0 Å². The molecular weight excluding hydrogens is 470 g/mol. The SMILES string of the molecule is Cc1cc2c3ccccc3c3ccccc3c2cc1-c1c(C)cccc1-n1c2ccccc2c2ccccc21. The first-order chi connectivity index (χ1) is 19.2. The summed E-state index contributed by atoms with van der Waals surface area (Å²) in [5.74, 6) is 0. The van der Waals surface area contributed by atoms with Gasteiger partial charge >= 0.3 is 0 Å². The monoisotopic (exact) mass is 497 g/mol. The zero-order chi connectivity index (χ0) is 26.1. The number of hydrogen-bond acceptors (Lipinski definition) is 0. The standard InChI is InChI=1S/C38H27N/c1-24-12-11-21-37(39-35-19-9-7-17-30(35)31-18-8-10-20-36(31)39)38(24)32-23-34-29-16-6-4-14-27(29)26-13-3-5-15-28(26)33(34)22-25(32)2/h3-23H,1-2H3. The van der Waals surface area contributed by atoms with E-state index < -0.39 is 0 Å². The lowest BCUT2D eigenvalue weighted by Gasteiger charge is -2.20. The smallest absolute Gasteiger partial charge is 0.0543 e. The maximum Gasteiger partial charge on any atom is 0.0543 e. The maximum atomic E-state index is 2.45. The third kappa shape index (κ3) is 3.14. The second-order valence-corrected chi connectivity index (χ2v) is 10.6. The molecule has 0 N–H and O–H groups in total. The Morgan fingerprint density at radius 2 is 0.846 bits per heavy atom. The molecule has 8 aromatic rings. The molecule has 39 heavy (non-hydrogen) atoms. The van der Waals surface area contributed by atoms with E-state index in [9.17, 15) is 0 Å². The molecule has 1 heterocycles. The van der Waals surface area contributed by atoms with Gasteiger partial charge in [-0.05, 0) is 87.1 Å². The average Bonchev–Trinajstić information content (AvgIpc) is 3.31. The predicted octanol–water partition coefficient (Wildman–Crippen LogP) is 10.5. The number of para-hydroxylation sites is 2. The highest BCUT2D eigenvalue weighted by Gasteiger charge is 2.19. The minimum atomic E-state index is 1.22. The lowest BCUT2D eigenvalue weighted by molar-refractivity contribution is 1.17. The van der Waals surface area contributed by atoms with E-state index in [0.717, 1.165) is 0 Å². The Hall–Kier alpha value is -4.88. The van der Waals surface area contributed by atoms with E-state index in [4.69, 9.17) is 0 Å². The number of rotatable bonds is 2. The number of hydrogen-bond donors (Lipinski definition) is 0. The zero-order valence-electron chi connectivity index (χ0n) is 22.1. The normalized spacial score (nSPS) is 11.8. The minimum Gasteiger partial charge on any atom is -0.309 e. The summed E-state index contributed by atoms with van der Waals surface area (Å²) in [6.45, 7) is 4.51. The van der Waals surface area contributed by atoms with Crippen LogP contribution in [0.5, 0.6) is 0 Å². The van der Waals surface area contributed by atoms with Crippen molar-refractivity contribution in [2.75, 3.05) is 0 Å². The van der Waals surface area contributed by atoms with E-state index in [0.29, 0.717) is 0 Å². The van der Waals surface area contributed by atoms with E-state index in [2.05, 4.69) is 146 Å². The van der Waals surface area contributed by atoms with E-state index >= 15 is 0 Å². The van der Waals surface area contributed by atoms with Gasteiger partial charge in [0.25, 0.3) is 0 Å². The first kappa shape index (κ1) is 22.1. The molecule has 0 saturated carbocycles. The van der Waals surface area contributed by atoms with Crippen LogP contribution in [0.15, 0.2) is 127 Å². The largest absolute Gasteiger partial charge is 0.309 e. The van der Waals surface area contributed by atoms with Gasteiger partial charge < -0.3 is 4.57 Å². The third-order valence-corrected chi connectivity index (χ3v) is 8.43. The van der Waals surface area contributed by atoms with Crippen LogP contribution < -0.4 is 0 Å². The molecule has 0 fully saturated rings. The van der Waals surface area contributed by atoms with E-state index in [1.165, 1.54) is 82.1 Å². The molecular formula is C38H27N. The summed E-state index contributed by atoms with van der Waals surface area (Å²) in [6, 6.07) is 46.8. The van der Waals surface area contributed by atoms with Gasteiger partial charge in [0.2, 0.25) is 0 Å². The van der Waals surface area contributed by atoms with Gasteiger partial charge in [0.15, 0.2) is 0 Å². The van der Waals surface area contributed by atoms with Gasteiger partial charge in [0.1, 0.15) is 0 Å². The zero-order valence-corrected chi connectivity index (χ0v) is 22.1. The van der Waals surface area contributed by atoms with Gasteiger partial charge in [-0.2, -0.15) is 0 Å². The highest BCUT2D eigenvalue weighted by molar-refractivity contribution is 6.26. The van der Waals surface area contributed by atoms with Gasteiger partial charge in [-0.1, -0.05) is 103 Å². The molecule has 0 atom stereocenters. The molecule has 0 unspecified atom stereocenters. The van der Waals surface area contributed by atoms with Crippen LogP contribution in [0.2, 0.25) is 0 Å². The van der Waals surface area contributed by atoms with Gasteiger partial charge in [0.05, 0.1) is 16.7 Å². The van der Waals surface area contributed by atoms with Crippen LogP contribution in [0.3, 0.4) is 0 Å². The topological polar surface area (TPSA) is 4.93 Å². The van der Waals surface area contributed by atoms with Crippen molar-refractivity contribution >= 4 is 54.1 Å². The van der Waals surface area contributed by atoms with Crippen molar-refractivity contribution in [1.29, 1.82) is 0 Å². The summed E-state index contributed by atoms with van der Waals surface area (Å²) in [4.78, 5) is 0. The molecule has 7 aromatic carbocycles. The second-order valence-electron chi connectivity index (χ2n) is 10.6. The quantitative estimate of drug-likeness (QED) is 0.209. The molecule has 0 aliphatic carbocycles. The van der Waals surface area contributed by atoms with Crippen LogP contribution in [-0.4, -0.2) is 4.57 Å². The van der Waals surface area contributed by atoms with Crippen LogP contribution in [0.1, 0.15) is 11.1 Å². The van der Waals surface area contributed by atoms with Crippen molar-refractivity contribution in [2.45, 2.75) is 13.8 Å². The van der Waals surface area contributed by atoms with Crippen LogP contribution in [0.25, 0.3) is 70.9 Å². The van der Waals surface area contributed by atoms with E-state index in [1.54, 1.807) is 0 Å². The van der Waals surface area contributed by atoms with Crippen LogP contribution in [0, 0.1) is 13.8 Å². The Morgan fingerprint density at radius 1 is 0.385 bits per heavy atom. The number of benzene rings is 7. The van der Waals surface area contributed by atoms with Gasteiger partial charge in [-0.3, -0.25) is 0 Å². The van der Waals surface area contributed by atoms with E-state index in [-0.39, 0.29) is 0 Å². The summed E-state index contributed by atoms with van der Waals surface area (Å²) < 4.78 is 2.45. The van der Waals surface area contributed by atoms with Crippen molar-refractivity contribution in [2.24, 2.45) is 0 Å². The summed E-state index contributed by atoms with van der Waals surface area (Å²) in [5, 5.41) is 10.4. The molecule has 0 spiro atoms. The second kappa shape index (κ2) is 8.31. The van der Waals surface area contributed by atoms with Crippen molar-refractivity contribution in [1.82, 2.24) is 4.57 Å². The fourth-order valence-electron chi connectivity index (χ4n) is 6.70. The first-order valence-electron chi connectivity index (χ1n) is 13.6. The molecule has 0 aliphatic heterocycles. The Kier molecular flexibility index (Phi) is 4.72. The minimum absolute atomic E-state index is 1.22. The summed E-state index contributed by atoms with van der Waals surface area (Å²) in [5.41, 5.74) is 8.85. The molecule has 184 valence electrons. The first-order valence-corrected chi connectivity index (χ1v) is 13.6. The summed E-state index contributed by atoms with van der Waals surface area (Å²) in [6.07, 6.45) is 0. The number of nitrogens with zero attached hydrogens (tertiary/aromatic N) is 1. The molecule has 0 saturated heterocycles. The molecule has 0 radical (unpaired) electrons. The van der Waals surface area contributed by atoms with Crippen LogP contribution in [-0.2, 0) is 0 Å². The maximum absolute atomic E-state index is 2.45. The summed E-state index contributed by atoms with van der Waals surface area (Å²) >= 11 is 0. The van der Waals surface area contributed by atoms with Gasteiger partial charge in [0, 0.05) is 16.3 Å². The lowest BCUT2D eigenvalue weighted by atomic mass is 9.88. The molecule has 0 amide bonds. The fourth-order valence-corrected chi connectivity index (χ4v) is 6.70. The average molecular weight is 498 g/mol. The Balaban J connectivity index is 1.51. The fraction of sp³-hybridized carbons (Fsp3) is 0.0526. The van der Waals surface area contributed by atoms with Crippen molar-refractivity contribution in [3.8, 4) is 16.8 Å². The van der Waals surface area contributed by atoms with Crippen LogP contribution in [0.4, 0.5) is 0 Å². The molecule has 1 heteroatoms. The molecule has 0 aliphatic rings. The van der Waals surface area contributed by atoms with Crippen LogP contribution >= 0.6 is 0 Å². The van der Waals surface area contributed by atoms with Crippen molar-refractivity contribution in [3.05, 3.63) is 139 Å². The van der Waals surface area contributed by atoms with Crippen molar-refractivity contribution < 1.29 is 0 Å². The van der Waals surface area contributed by atoms with E-state index in [1.807, 2.05) is 0 Å². The highest BCUT2D eigenvalue weighted by atomic mass is 15.0. The molecule has 0 bridgehead atoms.